The molecule has 1 aliphatic rings. The minimum absolute atomic E-state index is 0.0173. The lowest BCUT2D eigenvalue weighted by atomic mass is 10.0. The van der Waals surface area contributed by atoms with Crippen molar-refractivity contribution in [3.63, 3.8) is 0 Å². The molecule has 1 unspecified atom stereocenters. The second kappa shape index (κ2) is 5.46. The van der Waals surface area contributed by atoms with E-state index in [0.717, 1.165) is 18.1 Å². The summed E-state index contributed by atoms with van der Waals surface area (Å²) in [5.41, 5.74) is 1.15. The van der Waals surface area contributed by atoms with Crippen LogP contribution in [-0.2, 0) is 0 Å². The summed E-state index contributed by atoms with van der Waals surface area (Å²) in [7, 11) is 0. The van der Waals surface area contributed by atoms with Gasteiger partial charge in [-0.15, -0.1) is 5.10 Å². The average Bonchev–Trinajstić information content (AvgIpc) is 2.86. The first-order valence-electron chi connectivity index (χ1n) is 6.69. The third-order valence-electron chi connectivity index (χ3n) is 3.87. The minimum Gasteiger partial charge on any atom is -0.476 e. The smallest absolute Gasteiger partial charge is 0.358 e. The van der Waals surface area contributed by atoms with Gasteiger partial charge in [0.25, 0.3) is 0 Å². The van der Waals surface area contributed by atoms with Crippen molar-refractivity contribution in [3.05, 3.63) is 46.7 Å². The van der Waals surface area contributed by atoms with Crippen molar-refractivity contribution >= 4 is 17.6 Å². The number of hydrogen-bond acceptors (Lipinski definition) is 4. The van der Waals surface area contributed by atoms with Crippen molar-refractivity contribution in [1.82, 2.24) is 19.9 Å². The number of likely N-dealkylation sites (tertiary alicyclic amines) is 1. The molecule has 0 radical (unpaired) electrons. The zero-order valence-corrected chi connectivity index (χ0v) is 12.2. The molecule has 0 aliphatic carbocycles. The Balaban J connectivity index is 1.63. The molecule has 0 saturated carbocycles. The lowest BCUT2D eigenvalue weighted by molar-refractivity contribution is 0.0585. The summed E-state index contributed by atoms with van der Waals surface area (Å²) in [6.07, 6.45) is 1.48. The van der Waals surface area contributed by atoms with Crippen LogP contribution in [-0.4, -0.2) is 44.1 Å². The fourth-order valence-electron chi connectivity index (χ4n) is 2.50. The number of carboxylic acid groups (broad SMARTS) is 1. The largest absolute Gasteiger partial charge is 0.476 e. The van der Waals surface area contributed by atoms with Crippen molar-refractivity contribution in [2.24, 2.45) is 0 Å². The Hall–Kier alpha value is -1.92. The van der Waals surface area contributed by atoms with Gasteiger partial charge in [0, 0.05) is 24.2 Å². The van der Waals surface area contributed by atoms with Crippen LogP contribution >= 0.6 is 11.6 Å². The summed E-state index contributed by atoms with van der Waals surface area (Å²) in [6, 6.07) is 8.27. The third-order valence-corrected chi connectivity index (χ3v) is 4.11. The predicted octanol–water partition coefficient (Wildman–Crippen LogP) is 2.25. The molecule has 0 bridgehead atoms. The van der Waals surface area contributed by atoms with E-state index in [9.17, 15) is 4.79 Å². The Kier molecular flexibility index (Phi) is 3.65. The van der Waals surface area contributed by atoms with Gasteiger partial charge in [-0.1, -0.05) is 28.9 Å². The van der Waals surface area contributed by atoms with Crippen molar-refractivity contribution in [1.29, 1.82) is 0 Å². The molecule has 3 rings (SSSR count). The highest BCUT2D eigenvalue weighted by Gasteiger charge is 2.33. The number of nitrogens with zero attached hydrogens (tertiary/aromatic N) is 4. The van der Waals surface area contributed by atoms with Gasteiger partial charge in [0.1, 0.15) is 0 Å². The standard InChI is InChI=1S/C14H15ClN4O2/c1-9(10-3-2-4-11(15)5-10)18-6-12(7-18)19-8-13(14(20)21)16-17-19/h2-5,8-9,12H,6-7H2,1H3,(H,20,21). The zero-order chi connectivity index (χ0) is 15.0. The quantitative estimate of drug-likeness (QED) is 0.938. The molecule has 1 aromatic carbocycles. The normalized spacial score (nSPS) is 17.4. The number of carbonyl (C=O) groups is 1. The monoisotopic (exact) mass is 306 g/mol. The molecule has 6 nitrogen and oxygen atoms in total. The summed E-state index contributed by atoms with van der Waals surface area (Å²) >= 11 is 6.02. The minimum atomic E-state index is -1.05. The highest BCUT2D eigenvalue weighted by Crippen LogP contribution is 2.31. The van der Waals surface area contributed by atoms with Gasteiger partial charge in [-0.3, -0.25) is 4.90 Å². The van der Waals surface area contributed by atoms with Gasteiger partial charge in [0.05, 0.1) is 12.2 Å². The summed E-state index contributed by atoms with van der Waals surface area (Å²) in [6.45, 7) is 3.76. The van der Waals surface area contributed by atoms with Crippen LogP contribution in [0.25, 0.3) is 0 Å². The SMILES string of the molecule is CC(c1cccc(Cl)c1)N1CC(n2cc(C(=O)O)nn2)C1. The number of aromatic carboxylic acids is 1. The van der Waals surface area contributed by atoms with Gasteiger partial charge in [-0.05, 0) is 24.6 Å². The first kappa shape index (κ1) is 14.0. The Morgan fingerprint density at radius 3 is 2.86 bits per heavy atom. The van der Waals surface area contributed by atoms with Crippen LogP contribution in [0.4, 0.5) is 0 Å². The van der Waals surface area contributed by atoms with Crippen molar-refractivity contribution < 1.29 is 9.90 Å². The van der Waals surface area contributed by atoms with E-state index in [4.69, 9.17) is 16.7 Å². The Morgan fingerprint density at radius 2 is 2.24 bits per heavy atom. The average molecular weight is 307 g/mol. The maximum Gasteiger partial charge on any atom is 0.358 e. The first-order valence-corrected chi connectivity index (χ1v) is 7.07. The van der Waals surface area contributed by atoms with Gasteiger partial charge in [-0.25, -0.2) is 9.48 Å². The second-order valence-electron chi connectivity index (χ2n) is 5.23. The number of aromatic nitrogens is 3. The van der Waals surface area contributed by atoms with Gasteiger partial charge in [-0.2, -0.15) is 0 Å². The Bertz CT molecular complexity index is 666. The number of halogens is 1. The van der Waals surface area contributed by atoms with E-state index in [1.165, 1.54) is 11.8 Å². The highest BCUT2D eigenvalue weighted by atomic mass is 35.5. The van der Waals surface area contributed by atoms with Gasteiger partial charge >= 0.3 is 5.97 Å². The van der Waals surface area contributed by atoms with Crippen LogP contribution in [0.15, 0.2) is 30.5 Å². The maximum absolute atomic E-state index is 10.8. The fraction of sp³-hybridized carbons (Fsp3) is 0.357. The van der Waals surface area contributed by atoms with E-state index in [2.05, 4.69) is 28.2 Å². The topological polar surface area (TPSA) is 71.2 Å². The van der Waals surface area contributed by atoms with Gasteiger partial charge in [0.2, 0.25) is 0 Å². The molecule has 21 heavy (non-hydrogen) atoms. The second-order valence-corrected chi connectivity index (χ2v) is 5.66. The van der Waals surface area contributed by atoms with E-state index in [0.29, 0.717) is 0 Å². The first-order chi connectivity index (χ1) is 10.0. The fourth-order valence-corrected chi connectivity index (χ4v) is 2.70. The number of carboxylic acids is 1. The Morgan fingerprint density at radius 1 is 1.48 bits per heavy atom. The van der Waals surface area contributed by atoms with Crippen LogP contribution < -0.4 is 0 Å². The van der Waals surface area contributed by atoms with E-state index in [1.807, 2.05) is 18.2 Å². The molecular formula is C14H15ClN4O2. The van der Waals surface area contributed by atoms with Gasteiger partial charge in [0.15, 0.2) is 5.69 Å². The molecule has 7 heteroatoms. The van der Waals surface area contributed by atoms with Crippen LogP contribution in [0.3, 0.4) is 0 Å². The summed E-state index contributed by atoms with van der Waals surface area (Å²) in [5, 5.41) is 17.1. The summed E-state index contributed by atoms with van der Waals surface area (Å²) in [4.78, 5) is 13.1. The molecule has 1 aliphatic heterocycles. The lowest BCUT2D eigenvalue weighted by Crippen LogP contribution is -2.48. The van der Waals surface area contributed by atoms with E-state index >= 15 is 0 Å². The van der Waals surface area contributed by atoms with Crippen molar-refractivity contribution in [2.45, 2.75) is 19.0 Å². The van der Waals surface area contributed by atoms with Crippen LogP contribution in [0.2, 0.25) is 5.02 Å². The lowest BCUT2D eigenvalue weighted by Gasteiger charge is -2.43. The maximum atomic E-state index is 10.8. The molecule has 0 spiro atoms. The van der Waals surface area contributed by atoms with E-state index < -0.39 is 5.97 Å². The van der Waals surface area contributed by atoms with E-state index in [-0.39, 0.29) is 17.8 Å². The molecule has 2 aromatic rings. The molecule has 1 fully saturated rings. The molecule has 1 atom stereocenters. The third kappa shape index (κ3) is 2.77. The zero-order valence-electron chi connectivity index (χ0n) is 11.5. The van der Waals surface area contributed by atoms with Gasteiger partial charge < -0.3 is 5.11 Å². The molecule has 110 valence electrons. The molecule has 0 amide bonds. The predicted molar refractivity (Wildman–Crippen MR) is 77.5 cm³/mol. The van der Waals surface area contributed by atoms with Crippen LogP contribution in [0.1, 0.15) is 35.1 Å². The van der Waals surface area contributed by atoms with Crippen LogP contribution in [0, 0.1) is 0 Å². The van der Waals surface area contributed by atoms with Crippen molar-refractivity contribution in [2.75, 3.05) is 13.1 Å². The molecule has 2 heterocycles. The van der Waals surface area contributed by atoms with Crippen molar-refractivity contribution in [3.8, 4) is 0 Å². The molecule has 1 N–H and O–H groups in total. The summed E-state index contributed by atoms with van der Waals surface area (Å²) < 4.78 is 1.63. The summed E-state index contributed by atoms with van der Waals surface area (Å²) in [5.74, 6) is -1.05. The van der Waals surface area contributed by atoms with E-state index in [1.54, 1.807) is 4.68 Å². The number of benzene rings is 1. The molecular weight excluding hydrogens is 292 g/mol. The molecule has 1 saturated heterocycles. The molecule has 1 aromatic heterocycles. The highest BCUT2D eigenvalue weighted by molar-refractivity contribution is 6.30. The number of rotatable bonds is 4. The van der Waals surface area contributed by atoms with Crippen LogP contribution in [0.5, 0.6) is 0 Å². The number of hydrogen-bond donors (Lipinski definition) is 1. The Labute approximate surface area is 126 Å².